The van der Waals surface area contributed by atoms with Crippen LogP contribution in [-0.4, -0.2) is 9.13 Å². The Hall–Kier alpha value is -14.8. The summed E-state index contributed by atoms with van der Waals surface area (Å²) in [5.41, 5.74) is 30.8. The molecule has 6 nitrogen and oxygen atoms in total. The summed E-state index contributed by atoms with van der Waals surface area (Å²) < 4.78 is 19.4. The van der Waals surface area contributed by atoms with Crippen LogP contribution in [0.2, 0.25) is 0 Å². The lowest BCUT2D eigenvalue weighted by atomic mass is 9.61. The lowest BCUT2D eigenvalue weighted by molar-refractivity contribution is 0.433. The first-order valence-electron chi connectivity index (χ1n) is 39.9. The van der Waals surface area contributed by atoms with Gasteiger partial charge in [-0.2, -0.15) is 0 Å². The first-order valence-corrected chi connectivity index (χ1v) is 40.7. The molecule has 0 radical (unpaired) electrons. The van der Waals surface area contributed by atoms with Crippen molar-refractivity contribution < 1.29 is 9.47 Å². The summed E-state index contributed by atoms with van der Waals surface area (Å²) in [5, 5.41) is 8.61. The highest BCUT2D eigenvalue weighted by atomic mass is 79.9. The van der Waals surface area contributed by atoms with Crippen molar-refractivity contribution in [2.75, 3.05) is 10.2 Å². The number of anilines is 5. The van der Waals surface area contributed by atoms with Crippen molar-refractivity contribution in [1.29, 1.82) is 0 Å². The quantitative estimate of drug-likeness (QED) is 0.156. The molecule has 4 aliphatic rings. The highest BCUT2D eigenvalue weighted by molar-refractivity contribution is 9.10. The van der Waals surface area contributed by atoms with Gasteiger partial charge in [0.15, 0.2) is 0 Å². The van der Waals surface area contributed by atoms with Crippen LogP contribution >= 0.6 is 15.9 Å². The Morgan fingerprint density at radius 1 is 0.263 bits per heavy atom. The minimum atomic E-state index is -0.678. The van der Waals surface area contributed by atoms with E-state index < -0.39 is 10.8 Å². The van der Waals surface area contributed by atoms with Crippen molar-refractivity contribution in [2.45, 2.75) is 18.3 Å². The summed E-state index contributed by atoms with van der Waals surface area (Å²) in [4.78, 5) is 2.41. The topological polar surface area (TPSA) is 43.6 Å². The predicted molar refractivity (Wildman–Crippen MR) is 492 cm³/mol. The summed E-state index contributed by atoms with van der Waals surface area (Å²) in [6.45, 7) is 0. The third kappa shape index (κ3) is 11.4. The molecule has 0 bridgehead atoms. The van der Waals surface area contributed by atoms with Gasteiger partial charge < -0.3 is 28.8 Å². The molecule has 1 N–H and O–H groups in total. The summed E-state index contributed by atoms with van der Waals surface area (Å²) >= 11 is 3.76. The van der Waals surface area contributed by atoms with Crippen molar-refractivity contribution >= 4 is 88.0 Å². The van der Waals surface area contributed by atoms with Gasteiger partial charge in [-0.05, 0) is 165 Å². The molecule has 0 fully saturated rings. The SMILES string of the molecule is Brc1ccc2c(c1)C1(c3ccccc3O2)c2ccccc2-n2c3ccccc3c3cccc1c32.C.c1ccc(-c2ccc(N(c3ccc4c(c3)C3(c5ccccc5O4)c4ccccc4-n4c5ccccc5c5cccc3c54)c3ccccc3-c3ccccc3)cc2)cc1.c1ccc(-c2ccc(Nc3ccccc3-c3ccccc3)cc2)cc1. The fraction of sp³-hybridized carbons (Fsp3) is 0.0270. The van der Waals surface area contributed by atoms with Crippen LogP contribution in [0.25, 0.3) is 99.5 Å². The van der Waals surface area contributed by atoms with E-state index in [-0.39, 0.29) is 7.43 Å². The summed E-state index contributed by atoms with van der Waals surface area (Å²) in [5.74, 6) is 3.54. The van der Waals surface area contributed by atoms with E-state index in [0.29, 0.717) is 0 Å². The molecule has 20 aromatic rings. The number of nitrogens with one attached hydrogen (secondary N) is 1. The van der Waals surface area contributed by atoms with E-state index in [1.807, 2.05) is 12.1 Å². The second-order valence-corrected chi connectivity index (χ2v) is 31.2. The zero-order chi connectivity index (χ0) is 77.5. The smallest absolute Gasteiger partial charge is 0.132 e. The summed E-state index contributed by atoms with van der Waals surface area (Å²) in [7, 11) is 0. The van der Waals surface area contributed by atoms with Gasteiger partial charge in [-0.25, -0.2) is 0 Å². The number of para-hydroxylation sites is 10. The predicted octanol–water partition coefficient (Wildman–Crippen LogP) is 30.1. The van der Waals surface area contributed by atoms with Crippen molar-refractivity contribution in [1.82, 2.24) is 9.13 Å². The van der Waals surface area contributed by atoms with Crippen molar-refractivity contribution in [3.05, 3.63) is 486 Å². The van der Waals surface area contributed by atoms with E-state index >= 15 is 0 Å². The number of ether oxygens (including phenoxy) is 2. The summed E-state index contributed by atoms with van der Waals surface area (Å²) in [6.07, 6.45) is 0. The van der Waals surface area contributed by atoms with Crippen molar-refractivity contribution in [2.24, 2.45) is 0 Å². The Morgan fingerprint density at radius 2 is 0.636 bits per heavy atom. The summed E-state index contributed by atoms with van der Waals surface area (Å²) in [6, 6.07) is 156. The normalized spacial score (nSPS) is 14.4. The van der Waals surface area contributed by atoms with Crippen LogP contribution in [0.3, 0.4) is 0 Å². The van der Waals surface area contributed by atoms with Crippen molar-refractivity contribution in [3.63, 3.8) is 0 Å². The monoisotopic (exact) mass is 1580 g/mol. The maximum absolute atomic E-state index is 6.94. The zero-order valence-corrected chi connectivity index (χ0v) is 65.2. The molecule has 560 valence electrons. The third-order valence-electron chi connectivity index (χ3n) is 24.0. The lowest BCUT2D eigenvalue weighted by Gasteiger charge is -2.45. The van der Waals surface area contributed by atoms with E-state index in [0.717, 1.165) is 83.7 Å². The van der Waals surface area contributed by atoms with Gasteiger partial charge in [0.05, 0.1) is 50.0 Å². The molecular formula is C111H77BrN4O2. The third-order valence-corrected chi connectivity index (χ3v) is 24.5. The number of rotatable bonds is 9. The maximum atomic E-state index is 6.94. The number of aromatic nitrogens is 2. The number of fused-ring (bicyclic) bond motifs is 22. The van der Waals surface area contributed by atoms with E-state index in [2.05, 4.69) is 460 Å². The molecule has 24 rings (SSSR count). The Kier molecular flexibility index (Phi) is 17.6. The van der Waals surface area contributed by atoms with Crippen LogP contribution in [-0.2, 0) is 10.8 Å². The number of halogens is 1. The standard InChI is InChI=1S/C55H36N2O.C31H18BrNO.C24H19N.CH4/c1-3-16-37(17-4-1)38-30-32-40(33-31-38)56(49-26-11-7-20-42(49)39-18-5-2-6-19-39)41-34-35-53-48(36-41)55(46-24-10-14-29-52(46)58-53)45-23-9-13-28-51(45)57-50-27-12-8-21-43(50)44-22-15-25-47(55)54(44)57;32-19-16-17-29-25(18-19)31(23-11-3-6-15-28(23)34-29)22-10-2-5-14-27(22)33-26-13-4-1-8-20(26)21-9-7-12-24(31)30(21)33;1-3-9-19(10-4-1)20-15-17-22(18-16-20)25-24-14-8-7-13-23(24)21-11-5-2-6-12-21;/h1-36H;1-18H;1-18,25H;1H4. The lowest BCUT2D eigenvalue weighted by Crippen LogP contribution is -2.38. The maximum Gasteiger partial charge on any atom is 0.132 e. The highest BCUT2D eigenvalue weighted by Gasteiger charge is 2.52. The second kappa shape index (κ2) is 29.3. The molecule has 0 amide bonds. The Morgan fingerprint density at radius 3 is 1.18 bits per heavy atom. The van der Waals surface area contributed by atoms with Gasteiger partial charge in [-0.3, -0.25) is 0 Å². The van der Waals surface area contributed by atoms with Gasteiger partial charge in [0.1, 0.15) is 23.0 Å². The van der Waals surface area contributed by atoms with Gasteiger partial charge in [0.25, 0.3) is 0 Å². The molecule has 2 unspecified atom stereocenters. The zero-order valence-electron chi connectivity index (χ0n) is 63.6. The molecule has 7 heteroatoms. The first kappa shape index (κ1) is 71.1. The minimum absolute atomic E-state index is 0. The van der Waals surface area contributed by atoms with E-state index in [1.165, 1.54) is 116 Å². The Balaban J connectivity index is 0.000000122. The number of hydrogen-bond donors (Lipinski definition) is 1. The average Bonchev–Trinajstić information content (AvgIpc) is 1.36. The molecule has 0 saturated carbocycles. The molecule has 0 aliphatic carbocycles. The Bertz CT molecular complexity index is 7240. The molecule has 18 aromatic carbocycles. The number of nitrogens with zero attached hydrogens (tertiary/aromatic N) is 3. The molecule has 2 aromatic heterocycles. The van der Waals surface area contributed by atoms with Gasteiger partial charge in [0.2, 0.25) is 0 Å². The van der Waals surface area contributed by atoms with Crippen LogP contribution in [0.15, 0.2) is 441 Å². The fourth-order valence-corrected chi connectivity index (χ4v) is 19.5. The van der Waals surface area contributed by atoms with Gasteiger partial charge in [-0.15, -0.1) is 0 Å². The first-order chi connectivity index (χ1) is 58.0. The highest BCUT2D eigenvalue weighted by Crippen LogP contribution is 2.63. The molecule has 0 saturated heterocycles. The molecule has 4 aliphatic heterocycles. The van der Waals surface area contributed by atoms with E-state index in [9.17, 15) is 0 Å². The van der Waals surface area contributed by atoms with Crippen LogP contribution in [0, 0.1) is 0 Å². The van der Waals surface area contributed by atoms with Crippen LogP contribution in [0.4, 0.5) is 28.4 Å². The molecule has 6 heterocycles. The number of benzene rings is 18. The molecule has 2 spiro atoms. The van der Waals surface area contributed by atoms with Gasteiger partial charge >= 0.3 is 0 Å². The molecular weight excluding hydrogens is 1500 g/mol. The average molecular weight is 1580 g/mol. The van der Waals surface area contributed by atoms with Crippen molar-refractivity contribution in [3.8, 4) is 78.9 Å². The van der Waals surface area contributed by atoms with E-state index in [1.54, 1.807) is 0 Å². The largest absolute Gasteiger partial charge is 0.457 e. The van der Waals surface area contributed by atoms with E-state index in [4.69, 9.17) is 9.47 Å². The number of hydrogen-bond acceptors (Lipinski definition) is 4. The van der Waals surface area contributed by atoms with Gasteiger partial charge in [-0.1, -0.05) is 351 Å². The van der Waals surface area contributed by atoms with Crippen LogP contribution in [0.5, 0.6) is 23.0 Å². The fourth-order valence-electron chi connectivity index (χ4n) is 19.1. The van der Waals surface area contributed by atoms with Gasteiger partial charge in [0, 0.05) is 82.1 Å². The Labute approximate surface area is 694 Å². The molecule has 2 atom stereocenters. The minimum Gasteiger partial charge on any atom is -0.457 e. The molecule has 118 heavy (non-hydrogen) atoms. The van der Waals surface area contributed by atoms with Crippen LogP contribution < -0.4 is 19.7 Å². The van der Waals surface area contributed by atoms with Crippen LogP contribution in [0.1, 0.15) is 51.9 Å². The second-order valence-electron chi connectivity index (χ2n) is 30.3.